The van der Waals surface area contributed by atoms with Gasteiger partial charge in [-0.15, -0.1) is 0 Å². The highest BCUT2D eigenvalue weighted by Gasteiger charge is 2.18. The lowest BCUT2D eigenvalue weighted by Crippen LogP contribution is -2.42. The number of aromatic nitrogens is 1. The molecule has 0 bridgehead atoms. The fraction of sp³-hybridized carbons (Fsp3) is 0.375. The number of hydrogen-bond acceptors (Lipinski definition) is 4. The van der Waals surface area contributed by atoms with Gasteiger partial charge in [0.05, 0.1) is 20.3 Å². The topological polar surface area (TPSA) is 60.8 Å². The lowest BCUT2D eigenvalue weighted by atomic mass is 10.2. The monoisotopic (exact) mass is 302 g/mol. The highest BCUT2D eigenvalue weighted by atomic mass is 16.5. The Balaban J connectivity index is 1.90. The molecule has 0 atom stereocenters. The Labute approximate surface area is 128 Å². The SMILES string of the molecule is COc1ccc2c(c1)c(C=O)cn2CC(=O)N1CCOCC1. The molecule has 1 amide bonds. The normalized spacial score (nSPS) is 15.0. The lowest BCUT2D eigenvalue weighted by molar-refractivity contribution is -0.135. The molecule has 3 rings (SSSR count). The van der Waals surface area contributed by atoms with Crippen LogP contribution in [-0.4, -0.2) is 55.1 Å². The summed E-state index contributed by atoms with van der Waals surface area (Å²) in [7, 11) is 1.58. The largest absolute Gasteiger partial charge is 0.497 e. The molecule has 0 spiro atoms. The Bertz CT molecular complexity index is 701. The summed E-state index contributed by atoms with van der Waals surface area (Å²) in [6.45, 7) is 2.61. The van der Waals surface area contributed by atoms with Gasteiger partial charge in [-0.2, -0.15) is 0 Å². The second-order valence-electron chi connectivity index (χ2n) is 5.21. The van der Waals surface area contributed by atoms with E-state index < -0.39 is 0 Å². The molecule has 22 heavy (non-hydrogen) atoms. The maximum absolute atomic E-state index is 12.4. The minimum absolute atomic E-state index is 0.0356. The van der Waals surface area contributed by atoms with Crippen molar-refractivity contribution in [3.05, 3.63) is 30.0 Å². The molecular weight excluding hydrogens is 284 g/mol. The number of amides is 1. The van der Waals surface area contributed by atoms with Gasteiger partial charge in [0.15, 0.2) is 6.29 Å². The van der Waals surface area contributed by atoms with Crippen molar-refractivity contribution in [2.24, 2.45) is 0 Å². The summed E-state index contributed by atoms with van der Waals surface area (Å²) in [5, 5.41) is 0.795. The molecule has 1 aromatic heterocycles. The van der Waals surface area contributed by atoms with E-state index in [1.807, 2.05) is 22.8 Å². The van der Waals surface area contributed by atoms with E-state index >= 15 is 0 Å². The third-order valence-electron chi connectivity index (χ3n) is 3.92. The van der Waals surface area contributed by atoms with Gasteiger partial charge in [0.2, 0.25) is 5.91 Å². The summed E-state index contributed by atoms with van der Waals surface area (Å²) >= 11 is 0. The first kappa shape index (κ1) is 14.6. The van der Waals surface area contributed by atoms with Crippen molar-refractivity contribution < 1.29 is 19.1 Å². The predicted molar refractivity (Wildman–Crippen MR) is 81.3 cm³/mol. The van der Waals surface area contributed by atoms with Crippen molar-refractivity contribution in [1.29, 1.82) is 0 Å². The number of nitrogens with zero attached hydrogens (tertiary/aromatic N) is 2. The van der Waals surface area contributed by atoms with Crippen LogP contribution in [0, 0.1) is 0 Å². The van der Waals surface area contributed by atoms with Crippen molar-refractivity contribution in [3.8, 4) is 5.75 Å². The van der Waals surface area contributed by atoms with Crippen LogP contribution in [-0.2, 0) is 16.1 Å². The van der Waals surface area contributed by atoms with Crippen molar-refractivity contribution in [2.45, 2.75) is 6.54 Å². The molecule has 1 aliphatic rings. The smallest absolute Gasteiger partial charge is 0.242 e. The van der Waals surface area contributed by atoms with E-state index in [0.29, 0.717) is 37.6 Å². The Hall–Kier alpha value is -2.34. The number of methoxy groups -OCH3 is 1. The van der Waals surface area contributed by atoms with E-state index in [0.717, 1.165) is 17.2 Å². The van der Waals surface area contributed by atoms with Crippen LogP contribution in [0.15, 0.2) is 24.4 Å². The summed E-state index contributed by atoms with van der Waals surface area (Å²) in [4.78, 5) is 25.4. The number of fused-ring (bicyclic) bond motifs is 1. The van der Waals surface area contributed by atoms with Gasteiger partial charge in [-0.1, -0.05) is 0 Å². The van der Waals surface area contributed by atoms with Crippen LogP contribution in [0.1, 0.15) is 10.4 Å². The maximum Gasteiger partial charge on any atom is 0.242 e. The van der Waals surface area contributed by atoms with Crippen LogP contribution in [0.3, 0.4) is 0 Å². The van der Waals surface area contributed by atoms with Crippen molar-refractivity contribution in [1.82, 2.24) is 9.47 Å². The molecule has 6 heteroatoms. The first-order valence-corrected chi connectivity index (χ1v) is 7.20. The zero-order chi connectivity index (χ0) is 15.5. The van der Waals surface area contributed by atoms with Gasteiger partial charge in [0.25, 0.3) is 0 Å². The minimum Gasteiger partial charge on any atom is -0.497 e. The Morgan fingerprint density at radius 3 is 2.82 bits per heavy atom. The lowest BCUT2D eigenvalue weighted by Gasteiger charge is -2.27. The fourth-order valence-corrected chi connectivity index (χ4v) is 2.71. The van der Waals surface area contributed by atoms with E-state index in [-0.39, 0.29) is 12.5 Å². The maximum atomic E-state index is 12.4. The van der Waals surface area contributed by atoms with Crippen molar-refractivity contribution in [3.63, 3.8) is 0 Å². The van der Waals surface area contributed by atoms with Gasteiger partial charge in [-0.05, 0) is 18.2 Å². The molecule has 2 heterocycles. The molecule has 0 saturated carbocycles. The van der Waals surface area contributed by atoms with Gasteiger partial charge in [0.1, 0.15) is 12.3 Å². The van der Waals surface area contributed by atoms with Crippen LogP contribution in [0.4, 0.5) is 0 Å². The van der Waals surface area contributed by atoms with E-state index in [1.54, 1.807) is 18.2 Å². The molecule has 6 nitrogen and oxygen atoms in total. The third-order valence-corrected chi connectivity index (χ3v) is 3.92. The average Bonchev–Trinajstić information content (AvgIpc) is 2.92. The molecular formula is C16H18N2O4. The first-order valence-electron chi connectivity index (χ1n) is 7.20. The zero-order valence-corrected chi connectivity index (χ0v) is 12.4. The minimum atomic E-state index is 0.0356. The predicted octanol–water partition coefficient (Wildman–Crippen LogP) is 1.32. The molecule has 0 N–H and O–H groups in total. The van der Waals surface area contributed by atoms with Crippen LogP contribution in [0.2, 0.25) is 0 Å². The molecule has 0 unspecified atom stereocenters. The third kappa shape index (κ3) is 2.69. The number of aldehydes is 1. The van der Waals surface area contributed by atoms with E-state index in [1.165, 1.54) is 0 Å². The van der Waals surface area contributed by atoms with Crippen LogP contribution in [0.5, 0.6) is 5.75 Å². The molecule has 116 valence electrons. The standard InChI is InChI=1S/C16H18N2O4/c1-21-13-2-3-15-14(8-13)12(11-19)9-18(15)10-16(20)17-4-6-22-7-5-17/h2-3,8-9,11H,4-7,10H2,1H3. The van der Waals surface area contributed by atoms with Gasteiger partial charge < -0.3 is 18.9 Å². The quantitative estimate of drug-likeness (QED) is 0.799. The van der Waals surface area contributed by atoms with Crippen molar-refractivity contribution >= 4 is 23.1 Å². The van der Waals surface area contributed by atoms with Crippen LogP contribution in [0.25, 0.3) is 10.9 Å². The molecule has 2 aromatic rings. The first-order chi connectivity index (χ1) is 10.7. The van der Waals surface area contributed by atoms with Gasteiger partial charge >= 0.3 is 0 Å². The van der Waals surface area contributed by atoms with Gasteiger partial charge in [0, 0.05) is 35.8 Å². The summed E-state index contributed by atoms with van der Waals surface area (Å²) in [6, 6.07) is 5.51. The second-order valence-corrected chi connectivity index (χ2v) is 5.21. The number of carbonyl (C=O) groups is 2. The number of ether oxygens (including phenoxy) is 2. The van der Waals surface area contributed by atoms with Crippen molar-refractivity contribution in [2.75, 3.05) is 33.4 Å². The highest BCUT2D eigenvalue weighted by Crippen LogP contribution is 2.25. The zero-order valence-electron chi connectivity index (χ0n) is 12.4. The molecule has 1 fully saturated rings. The second kappa shape index (κ2) is 6.19. The molecule has 0 radical (unpaired) electrons. The highest BCUT2D eigenvalue weighted by molar-refractivity contribution is 5.98. The molecule has 1 saturated heterocycles. The number of morpholine rings is 1. The van der Waals surface area contributed by atoms with Gasteiger partial charge in [-0.3, -0.25) is 9.59 Å². The Morgan fingerprint density at radius 1 is 1.36 bits per heavy atom. The fourth-order valence-electron chi connectivity index (χ4n) is 2.71. The summed E-state index contributed by atoms with van der Waals surface area (Å²) < 4.78 is 12.3. The molecule has 0 aliphatic carbocycles. The Morgan fingerprint density at radius 2 is 2.14 bits per heavy atom. The summed E-state index contributed by atoms with van der Waals surface area (Å²) in [5.74, 6) is 0.723. The Kier molecular flexibility index (Phi) is 4.11. The van der Waals surface area contributed by atoms with E-state index in [2.05, 4.69) is 0 Å². The molecule has 1 aliphatic heterocycles. The summed E-state index contributed by atoms with van der Waals surface area (Å²) in [6.07, 6.45) is 2.52. The van der Waals surface area contributed by atoms with E-state index in [4.69, 9.17) is 9.47 Å². The van der Waals surface area contributed by atoms with Crippen LogP contribution >= 0.6 is 0 Å². The van der Waals surface area contributed by atoms with Crippen LogP contribution < -0.4 is 4.74 Å². The van der Waals surface area contributed by atoms with E-state index in [9.17, 15) is 9.59 Å². The number of rotatable bonds is 4. The number of hydrogen-bond donors (Lipinski definition) is 0. The average molecular weight is 302 g/mol. The van der Waals surface area contributed by atoms with Gasteiger partial charge in [-0.25, -0.2) is 0 Å². The number of benzene rings is 1. The number of carbonyl (C=O) groups excluding carboxylic acids is 2. The molecule has 1 aromatic carbocycles. The summed E-state index contributed by atoms with van der Waals surface area (Å²) in [5.41, 5.74) is 1.41.